The Kier molecular flexibility index (Phi) is 40.8. The summed E-state index contributed by atoms with van der Waals surface area (Å²) in [6.45, 7) is 4.38. The van der Waals surface area contributed by atoms with Crippen molar-refractivity contribution in [1.29, 1.82) is 0 Å². The van der Waals surface area contributed by atoms with E-state index in [1.54, 1.807) is 0 Å². The van der Waals surface area contributed by atoms with E-state index in [1.165, 1.54) is 89.9 Å². The molecule has 1 saturated heterocycles. The van der Waals surface area contributed by atoms with Crippen LogP contribution in [0, 0.1) is 0 Å². The molecule has 1 heterocycles. The third-order valence-electron chi connectivity index (χ3n) is 11.1. The van der Waals surface area contributed by atoms with Crippen molar-refractivity contribution >= 4 is 5.97 Å². The molecule has 1 rings (SSSR count). The Bertz CT molecular complexity index is 1180. The molecule has 0 aromatic heterocycles. The molecule has 0 aromatic rings. The summed E-state index contributed by atoms with van der Waals surface area (Å²) in [5.41, 5.74) is 0. The number of ether oxygens (including phenoxy) is 4. The number of unbranched alkanes of at least 4 members (excludes halogenated alkanes) is 19. The van der Waals surface area contributed by atoms with Gasteiger partial charge in [-0.3, -0.25) is 4.79 Å². The number of hydrogen-bond donors (Lipinski definition) is 4. The molecule has 6 atom stereocenters. The Morgan fingerprint density at radius 3 is 1.50 bits per heavy atom. The Hall–Kier alpha value is -2.37. The topological polar surface area (TPSA) is 135 Å². The lowest BCUT2D eigenvalue weighted by atomic mass is 9.99. The van der Waals surface area contributed by atoms with Crippen molar-refractivity contribution in [2.24, 2.45) is 0 Å². The number of allylic oxidation sites excluding steroid dienone is 12. The Balaban J connectivity index is 2.25. The van der Waals surface area contributed by atoms with Gasteiger partial charge in [0.1, 0.15) is 30.5 Å². The van der Waals surface area contributed by atoms with Gasteiger partial charge in [-0.1, -0.05) is 177 Å². The summed E-state index contributed by atoms with van der Waals surface area (Å²) >= 11 is 0. The Labute approximate surface area is 378 Å². The van der Waals surface area contributed by atoms with Gasteiger partial charge in [-0.15, -0.1) is 0 Å². The maximum atomic E-state index is 12.8. The number of aliphatic hydroxyl groups excluding tert-OH is 4. The molecule has 1 fully saturated rings. The molecule has 6 unspecified atom stereocenters. The van der Waals surface area contributed by atoms with Gasteiger partial charge < -0.3 is 39.4 Å². The van der Waals surface area contributed by atoms with Crippen LogP contribution in [0.1, 0.15) is 194 Å². The Morgan fingerprint density at radius 2 is 0.984 bits per heavy atom. The highest BCUT2D eigenvalue weighted by Gasteiger charge is 2.44. The van der Waals surface area contributed by atoms with Gasteiger partial charge in [0.25, 0.3) is 0 Å². The van der Waals surface area contributed by atoms with E-state index in [4.69, 9.17) is 18.9 Å². The third kappa shape index (κ3) is 34.1. The number of carbonyl (C=O) groups is 1. The monoisotopic (exact) mass is 873 g/mol. The quantitative estimate of drug-likeness (QED) is 0.0269. The zero-order valence-corrected chi connectivity index (χ0v) is 39.3. The van der Waals surface area contributed by atoms with E-state index in [0.29, 0.717) is 13.0 Å². The van der Waals surface area contributed by atoms with Gasteiger partial charge >= 0.3 is 5.97 Å². The largest absolute Gasteiger partial charge is 0.457 e. The van der Waals surface area contributed by atoms with Gasteiger partial charge in [-0.2, -0.15) is 0 Å². The normalized spacial score (nSPS) is 20.4. The number of aliphatic hydroxyl groups is 4. The van der Waals surface area contributed by atoms with Crippen molar-refractivity contribution in [3.05, 3.63) is 72.9 Å². The van der Waals surface area contributed by atoms with Crippen molar-refractivity contribution < 1.29 is 44.2 Å². The minimum absolute atomic E-state index is 0.124. The van der Waals surface area contributed by atoms with Crippen molar-refractivity contribution in [2.75, 3.05) is 26.4 Å². The van der Waals surface area contributed by atoms with Gasteiger partial charge in [-0.25, -0.2) is 0 Å². The molecule has 0 saturated carbocycles. The van der Waals surface area contributed by atoms with E-state index in [1.807, 2.05) is 0 Å². The highest BCUT2D eigenvalue weighted by atomic mass is 16.7. The molecule has 62 heavy (non-hydrogen) atoms. The fraction of sp³-hybridized carbons (Fsp3) is 0.755. The average Bonchev–Trinajstić information content (AvgIpc) is 3.27. The van der Waals surface area contributed by atoms with Crippen molar-refractivity contribution in [3.63, 3.8) is 0 Å². The van der Waals surface area contributed by atoms with Crippen molar-refractivity contribution in [3.8, 4) is 0 Å². The molecular weight excluding hydrogens is 781 g/mol. The fourth-order valence-corrected chi connectivity index (χ4v) is 7.22. The zero-order chi connectivity index (χ0) is 45.0. The van der Waals surface area contributed by atoms with Crippen LogP contribution in [-0.4, -0.2) is 89.6 Å². The molecule has 358 valence electrons. The number of carbonyl (C=O) groups excluding carboxylic acids is 1. The first-order valence-corrected chi connectivity index (χ1v) is 25.0. The van der Waals surface area contributed by atoms with Crippen LogP contribution in [0.5, 0.6) is 0 Å². The molecule has 1 aliphatic heterocycles. The summed E-state index contributed by atoms with van der Waals surface area (Å²) in [6.07, 6.45) is 50.7. The van der Waals surface area contributed by atoms with Crippen molar-refractivity contribution in [2.45, 2.75) is 230 Å². The van der Waals surface area contributed by atoms with Crippen LogP contribution < -0.4 is 0 Å². The van der Waals surface area contributed by atoms with Gasteiger partial charge in [0, 0.05) is 13.0 Å². The van der Waals surface area contributed by atoms with Crippen LogP contribution in [0.2, 0.25) is 0 Å². The highest BCUT2D eigenvalue weighted by molar-refractivity contribution is 5.69. The van der Waals surface area contributed by atoms with Crippen LogP contribution in [0.25, 0.3) is 0 Å². The lowest BCUT2D eigenvalue weighted by Crippen LogP contribution is -2.59. The van der Waals surface area contributed by atoms with Gasteiger partial charge in [0.05, 0.1) is 19.8 Å². The number of hydrogen-bond acceptors (Lipinski definition) is 9. The minimum Gasteiger partial charge on any atom is -0.457 e. The molecule has 0 aromatic carbocycles. The third-order valence-corrected chi connectivity index (χ3v) is 11.1. The fourth-order valence-electron chi connectivity index (χ4n) is 7.22. The van der Waals surface area contributed by atoms with E-state index in [0.717, 1.165) is 83.5 Å². The molecule has 4 N–H and O–H groups in total. The molecule has 9 nitrogen and oxygen atoms in total. The second-order valence-electron chi connectivity index (χ2n) is 16.9. The summed E-state index contributed by atoms with van der Waals surface area (Å²) in [5.74, 6) is -0.327. The smallest absolute Gasteiger partial charge is 0.306 e. The lowest BCUT2D eigenvalue weighted by Gasteiger charge is -2.39. The molecule has 1 aliphatic rings. The van der Waals surface area contributed by atoms with E-state index in [-0.39, 0.29) is 19.2 Å². The molecule has 9 heteroatoms. The molecular formula is C53H92O9. The van der Waals surface area contributed by atoms with Gasteiger partial charge in [0.2, 0.25) is 0 Å². The molecule has 0 amide bonds. The highest BCUT2D eigenvalue weighted by Crippen LogP contribution is 2.22. The SMILES string of the molecule is CC/C=C\C/C=C\C/C=C\C/C=C\C/C=C\CCCCCCOCC(COC1OC(CO)C(O)C(O)C1O)OC(=O)CCCCCCCCCCC/C=C\CCCCCCCC. The summed E-state index contributed by atoms with van der Waals surface area (Å²) in [6, 6.07) is 0. The predicted molar refractivity (Wildman–Crippen MR) is 256 cm³/mol. The average molecular weight is 873 g/mol. The summed E-state index contributed by atoms with van der Waals surface area (Å²) in [5, 5.41) is 40.2. The van der Waals surface area contributed by atoms with Crippen LogP contribution in [0.15, 0.2) is 72.9 Å². The van der Waals surface area contributed by atoms with E-state index in [2.05, 4.69) is 86.8 Å². The van der Waals surface area contributed by atoms with Crippen molar-refractivity contribution in [1.82, 2.24) is 0 Å². The first-order chi connectivity index (χ1) is 30.4. The minimum atomic E-state index is -1.55. The summed E-state index contributed by atoms with van der Waals surface area (Å²) in [7, 11) is 0. The molecule has 0 aliphatic carbocycles. The van der Waals surface area contributed by atoms with E-state index < -0.39 is 43.4 Å². The predicted octanol–water partition coefficient (Wildman–Crippen LogP) is 12.0. The first-order valence-electron chi connectivity index (χ1n) is 25.0. The van der Waals surface area contributed by atoms with Crippen LogP contribution >= 0.6 is 0 Å². The van der Waals surface area contributed by atoms with Crippen LogP contribution in [-0.2, 0) is 23.7 Å². The number of rotatable bonds is 42. The van der Waals surface area contributed by atoms with E-state index in [9.17, 15) is 25.2 Å². The van der Waals surface area contributed by atoms with Crippen LogP contribution in [0.3, 0.4) is 0 Å². The van der Waals surface area contributed by atoms with Gasteiger partial charge in [0.15, 0.2) is 6.29 Å². The lowest BCUT2D eigenvalue weighted by molar-refractivity contribution is -0.305. The summed E-state index contributed by atoms with van der Waals surface area (Å²) in [4.78, 5) is 12.8. The summed E-state index contributed by atoms with van der Waals surface area (Å²) < 4.78 is 22.9. The van der Waals surface area contributed by atoms with E-state index >= 15 is 0 Å². The molecule has 0 radical (unpaired) electrons. The first kappa shape index (κ1) is 57.6. The van der Waals surface area contributed by atoms with Crippen LogP contribution in [0.4, 0.5) is 0 Å². The molecule has 0 spiro atoms. The molecule has 0 bridgehead atoms. The Morgan fingerprint density at radius 1 is 0.532 bits per heavy atom. The maximum Gasteiger partial charge on any atom is 0.306 e. The second kappa shape index (κ2) is 43.9. The number of esters is 1. The standard InChI is InChI=1S/C53H92O9/c1-3-5-7-9-11-13-15-17-19-21-23-25-27-29-31-33-35-37-39-41-43-59-45-47(46-60-53-52(58)51(57)50(56)48(44-54)62-53)61-49(55)42-40-38-36-34-32-30-28-26-24-22-20-18-16-14-12-10-8-6-4-2/h5,7,11,13,17-20,23,25,29,31,47-48,50-54,56-58H,3-4,6,8-10,12,14-16,21-22,24,26-28,30,32-46H2,1-2H3/b7-5-,13-11-,19-17-,20-18-,25-23-,31-29-. The van der Waals surface area contributed by atoms with Gasteiger partial charge in [-0.05, 0) is 83.5 Å². The zero-order valence-electron chi connectivity index (χ0n) is 39.3. The second-order valence-corrected chi connectivity index (χ2v) is 16.9. The maximum absolute atomic E-state index is 12.8.